The molecule has 0 aliphatic heterocycles. The number of aliphatic imine (C=N–C) groups is 1. The van der Waals surface area contributed by atoms with Crippen LogP contribution in [-0.4, -0.2) is 11.9 Å². The van der Waals surface area contributed by atoms with E-state index in [1.807, 2.05) is 39.0 Å². The molecule has 1 aromatic carbocycles. The molecular formula is C18H25N3O2. The van der Waals surface area contributed by atoms with Crippen LogP contribution in [-0.2, 0) is 4.79 Å². The Morgan fingerprint density at radius 1 is 1.39 bits per heavy atom. The van der Waals surface area contributed by atoms with Crippen molar-refractivity contribution in [3.05, 3.63) is 43.2 Å². The zero-order chi connectivity index (χ0) is 17.4. The Kier molecular flexibility index (Phi) is 7.06. The molecule has 1 unspecified atom stereocenters. The number of guanidine groups is 1. The predicted octanol–water partition coefficient (Wildman–Crippen LogP) is 4.04. The average molecular weight is 315 g/mol. The fourth-order valence-electron chi connectivity index (χ4n) is 2.21. The van der Waals surface area contributed by atoms with Crippen molar-refractivity contribution in [2.75, 3.05) is 0 Å². The SMILES string of the molecule is C=C.CCCC(C)C(=O)NC(N)=Nc1ccc2oc(C)cc2c1. The third-order valence-corrected chi connectivity index (χ3v) is 3.29. The van der Waals surface area contributed by atoms with Crippen LogP contribution >= 0.6 is 0 Å². The van der Waals surface area contributed by atoms with Crippen LogP contribution in [0, 0.1) is 12.8 Å². The topological polar surface area (TPSA) is 80.6 Å². The van der Waals surface area contributed by atoms with Gasteiger partial charge in [0.25, 0.3) is 0 Å². The summed E-state index contributed by atoms with van der Waals surface area (Å²) in [6.45, 7) is 11.8. The molecule has 0 saturated heterocycles. The van der Waals surface area contributed by atoms with Gasteiger partial charge in [-0.3, -0.25) is 10.1 Å². The molecule has 1 aromatic heterocycles. The van der Waals surface area contributed by atoms with Gasteiger partial charge >= 0.3 is 0 Å². The van der Waals surface area contributed by atoms with E-state index in [4.69, 9.17) is 10.2 Å². The van der Waals surface area contributed by atoms with Gasteiger partial charge in [-0.25, -0.2) is 4.99 Å². The maximum atomic E-state index is 11.9. The first-order chi connectivity index (χ1) is 11.0. The highest BCUT2D eigenvalue weighted by Gasteiger charge is 2.12. The molecule has 0 aliphatic carbocycles. The largest absolute Gasteiger partial charge is 0.461 e. The van der Waals surface area contributed by atoms with Crippen molar-refractivity contribution in [3.8, 4) is 0 Å². The monoisotopic (exact) mass is 315 g/mol. The maximum Gasteiger partial charge on any atom is 0.229 e. The summed E-state index contributed by atoms with van der Waals surface area (Å²) in [6.07, 6.45) is 1.79. The zero-order valence-corrected chi connectivity index (χ0v) is 14.1. The van der Waals surface area contributed by atoms with Crippen LogP contribution in [0.25, 0.3) is 11.0 Å². The number of hydrogen-bond acceptors (Lipinski definition) is 3. The molecule has 23 heavy (non-hydrogen) atoms. The van der Waals surface area contributed by atoms with E-state index in [0.29, 0.717) is 5.69 Å². The molecule has 1 atom stereocenters. The molecule has 0 aliphatic rings. The van der Waals surface area contributed by atoms with E-state index in [1.54, 1.807) is 6.07 Å². The summed E-state index contributed by atoms with van der Waals surface area (Å²) >= 11 is 0. The van der Waals surface area contributed by atoms with E-state index in [0.717, 1.165) is 29.6 Å². The van der Waals surface area contributed by atoms with Crippen LogP contribution in [0.4, 0.5) is 5.69 Å². The second-order valence-corrected chi connectivity index (χ2v) is 5.26. The molecule has 0 fully saturated rings. The number of rotatable bonds is 4. The van der Waals surface area contributed by atoms with Crippen LogP contribution in [0.15, 0.2) is 46.8 Å². The summed E-state index contributed by atoms with van der Waals surface area (Å²) in [6, 6.07) is 7.46. The van der Waals surface area contributed by atoms with E-state index >= 15 is 0 Å². The molecule has 2 aromatic rings. The molecule has 1 amide bonds. The summed E-state index contributed by atoms with van der Waals surface area (Å²) in [5.41, 5.74) is 7.28. The number of benzene rings is 1. The number of carbonyl (C=O) groups excluding carboxylic acids is 1. The van der Waals surface area contributed by atoms with Crippen LogP contribution < -0.4 is 11.1 Å². The Hall–Kier alpha value is -2.56. The van der Waals surface area contributed by atoms with E-state index in [2.05, 4.69) is 23.5 Å². The first-order valence-electron chi connectivity index (χ1n) is 7.65. The highest BCUT2D eigenvalue weighted by atomic mass is 16.3. The van der Waals surface area contributed by atoms with Gasteiger partial charge in [0.1, 0.15) is 11.3 Å². The van der Waals surface area contributed by atoms with Gasteiger partial charge in [0.15, 0.2) is 0 Å². The highest BCUT2D eigenvalue weighted by molar-refractivity contribution is 5.98. The van der Waals surface area contributed by atoms with E-state index in [9.17, 15) is 4.79 Å². The van der Waals surface area contributed by atoms with E-state index in [-0.39, 0.29) is 17.8 Å². The fraction of sp³-hybridized carbons (Fsp3) is 0.333. The molecule has 0 radical (unpaired) electrons. The zero-order valence-electron chi connectivity index (χ0n) is 14.1. The number of amides is 1. The third kappa shape index (κ3) is 5.29. The van der Waals surface area contributed by atoms with E-state index in [1.165, 1.54) is 0 Å². The molecule has 2 rings (SSSR count). The lowest BCUT2D eigenvalue weighted by Gasteiger charge is -2.10. The van der Waals surface area contributed by atoms with Crippen molar-refractivity contribution >= 4 is 28.5 Å². The number of furan rings is 1. The van der Waals surface area contributed by atoms with Crippen LogP contribution in [0.2, 0.25) is 0 Å². The second-order valence-electron chi connectivity index (χ2n) is 5.26. The van der Waals surface area contributed by atoms with Gasteiger partial charge in [-0.15, -0.1) is 13.2 Å². The van der Waals surface area contributed by atoms with Crippen LogP contribution in [0.3, 0.4) is 0 Å². The van der Waals surface area contributed by atoms with Gasteiger partial charge in [0.2, 0.25) is 11.9 Å². The van der Waals surface area contributed by atoms with E-state index < -0.39 is 0 Å². The molecule has 5 heteroatoms. The number of nitrogens with two attached hydrogens (primary N) is 1. The minimum absolute atomic E-state index is 0.0669. The highest BCUT2D eigenvalue weighted by Crippen LogP contribution is 2.24. The van der Waals surface area contributed by atoms with Crippen molar-refractivity contribution in [2.24, 2.45) is 16.6 Å². The quantitative estimate of drug-likeness (QED) is 0.507. The number of carbonyl (C=O) groups is 1. The lowest BCUT2D eigenvalue weighted by molar-refractivity contribution is -0.123. The summed E-state index contributed by atoms with van der Waals surface area (Å²) in [7, 11) is 0. The minimum Gasteiger partial charge on any atom is -0.461 e. The molecule has 5 nitrogen and oxygen atoms in total. The number of nitrogens with one attached hydrogen (secondary N) is 1. The Morgan fingerprint density at radius 2 is 2.09 bits per heavy atom. The van der Waals surface area contributed by atoms with Crippen LogP contribution in [0.1, 0.15) is 32.4 Å². The maximum absolute atomic E-state index is 11.9. The van der Waals surface area contributed by atoms with Gasteiger partial charge < -0.3 is 10.2 Å². The Labute approximate surface area is 137 Å². The first-order valence-corrected chi connectivity index (χ1v) is 7.65. The molecule has 124 valence electrons. The fourth-order valence-corrected chi connectivity index (χ4v) is 2.21. The van der Waals surface area contributed by atoms with Crippen molar-refractivity contribution in [3.63, 3.8) is 0 Å². The lowest BCUT2D eigenvalue weighted by atomic mass is 10.1. The van der Waals surface area contributed by atoms with Gasteiger partial charge in [-0.1, -0.05) is 20.3 Å². The predicted molar refractivity (Wildman–Crippen MR) is 95.7 cm³/mol. The Balaban J connectivity index is 0.00000127. The number of aryl methyl sites for hydroxylation is 1. The molecule has 3 N–H and O–H groups in total. The minimum atomic E-state index is -0.0988. The Morgan fingerprint density at radius 3 is 2.74 bits per heavy atom. The molecule has 1 heterocycles. The van der Waals surface area contributed by atoms with Gasteiger partial charge in [0, 0.05) is 11.3 Å². The normalized spacial score (nSPS) is 12.4. The number of hydrogen-bond donors (Lipinski definition) is 2. The lowest BCUT2D eigenvalue weighted by Crippen LogP contribution is -2.39. The molecule has 0 saturated carbocycles. The number of nitrogens with zero attached hydrogens (tertiary/aromatic N) is 1. The average Bonchev–Trinajstić information content (AvgIpc) is 2.88. The standard InChI is InChI=1S/C16H21N3O2.C2H4/c1-4-5-10(2)15(20)19-16(17)18-13-6-7-14-12(9-13)8-11(3)21-14;1-2/h6-10H,4-5H2,1-3H3,(H3,17,18,19,20);1-2H2. The summed E-state index contributed by atoms with van der Waals surface area (Å²) < 4.78 is 5.50. The van der Waals surface area contributed by atoms with Crippen molar-refractivity contribution in [1.82, 2.24) is 5.32 Å². The number of fused-ring (bicyclic) bond motifs is 1. The van der Waals surface area contributed by atoms with Crippen molar-refractivity contribution < 1.29 is 9.21 Å². The summed E-state index contributed by atoms with van der Waals surface area (Å²) in [5, 5.41) is 3.60. The smallest absolute Gasteiger partial charge is 0.229 e. The second kappa shape index (κ2) is 8.78. The van der Waals surface area contributed by atoms with Gasteiger partial charge in [0.05, 0.1) is 5.69 Å². The van der Waals surface area contributed by atoms with Crippen molar-refractivity contribution in [2.45, 2.75) is 33.6 Å². The van der Waals surface area contributed by atoms with Crippen LogP contribution in [0.5, 0.6) is 0 Å². The molecular weight excluding hydrogens is 290 g/mol. The molecule has 0 bridgehead atoms. The summed E-state index contributed by atoms with van der Waals surface area (Å²) in [5.74, 6) is 0.796. The first kappa shape index (κ1) is 18.5. The summed E-state index contributed by atoms with van der Waals surface area (Å²) in [4.78, 5) is 16.1. The van der Waals surface area contributed by atoms with Gasteiger partial charge in [-0.2, -0.15) is 0 Å². The Bertz CT molecular complexity index is 689. The molecule has 0 spiro atoms. The third-order valence-electron chi connectivity index (χ3n) is 3.29. The van der Waals surface area contributed by atoms with Gasteiger partial charge in [-0.05, 0) is 37.6 Å². The van der Waals surface area contributed by atoms with Crippen molar-refractivity contribution in [1.29, 1.82) is 0 Å².